The molecule has 1 aromatic carbocycles. The standard InChI is InChI=1S/C14H15NO2/c1-8-12-6-5-11(17)7-13(12)15(10-3-4-10)14(8)9(2)16/h5-7,10,17H,3-4H2,1-2H3. The lowest BCUT2D eigenvalue weighted by Crippen LogP contribution is -2.05. The average molecular weight is 229 g/mol. The van der Waals surface area contributed by atoms with Gasteiger partial charge < -0.3 is 9.67 Å². The summed E-state index contributed by atoms with van der Waals surface area (Å²) in [5, 5.41) is 10.7. The molecule has 0 bridgehead atoms. The number of fused-ring (bicyclic) bond motifs is 1. The van der Waals surface area contributed by atoms with Gasteiger partial charge in [-0.2, -0.15) is 0 Å². The van der Waals surface area contributed by atoms with Crippen molar-refractivity contribution in [2.45, 2.75) is 32.7 Å². The predicted molar refractivity (Wildman–Crippen MR) is 66.6 cm³/mol. The second-order valence-electron chi connectivity index (χ2n) is 4.83. The highest BCUT2D eigenvalue weighted by atomic mass is 16.3. The third-order valence-electron chi connectivity index (χ3n) is 3.49. The Morgan fingerprint density at radius 3 is 2.71 bits per heavy atom. The summed E-state index contributed by atoms with van der Waals surface area (Å²) in [4.78, 5) is 11.8. The fourth-order valence-corrected chi connectivity index (χ4v) is 2.61. The molecule has 2 aromatic rings. The Kier molecular flexibility index (Phi) is 2.05. The number of Topliss-reactive ketones (excluding diaryl/α,β-unsaturated/α-hetero) is 1. The Labute approximate surface area is 99.7 Å². The van der Waals surface area contributed by atoms with Crippen molar-refractivity contribution < 1.29 is 9.90 Å². The van der Waals surface area contributed by atoms with Crippen LogP contribution in [-0.2, 0) is 0 Å². The molecule has 3 nitrogen and oxygen atoms in total. The van der Waals surface area contributed by atoms with Gasteiger partial charge in [-0.1, -0.05) is 0 Å². The highest BCUT2D eigenvalue weighted by molar-refractivity contribution is 6.02. The van der Waals surface area contributed by atoms with Crippen molar-refractivity contribution >= 4 is 16.7 Å². The molecule has 1 aromatic heterocycles. The lowest BCUT2D eigenvalue weighted by Gasteiger charge is -2.07. The van der Waals surface area contributed by atoms with Gasteiger partial charge in [0.1, 0.15) is 5.75 Å². The van der Waals surface area contributed by atoms with Crippen molar-refractivity contribution in [2.24, 2.45) is 0 Å². The average Bonchev–Trinajstić information content (AvgIpc) is 3.04. The molecule has 0 atom stereocenters. The molecule has 1 aliphatic carbocycles. The molecule has 1 aliphatic rings. The zero-order valence-electron chi connectivity index (χ0n) is 10.0. The second kappa shape index (κ2) is 3.36. The maximum Gasteiger partial charge on any atom is 0.176 e. The maximum absolute atomic E-state index is 11.8. The van der Waals surface area contributed by atoms with Crippen LogP contribution in [0.3, 0.4) is 0 Å². The van der Waals surface area contributed by atoms with Gasteiger partial charge in [0.15, 0.2) is 5.78 Å². The van der Waals surface area contributed by atoms with E-state index in [1.165, 1.54) is 0 Å². The summed E-state index contributed by atoms with van der Waals surface area (Å²) >= 11 is 0. The number of ketones is 1. The van der Waals surface area contributed by atoms with E-state index in [0.29, 0.717) is 6.04 Å². The van der Waals surface area contributed by atoms with Crippen molar-refractivity contribution in [2.75, 3.05) is 0 Å². The number of hydrogen-bond donors (Lipinski definition) is 1. The van der Waals surface area contributed by atoms with Crippen LogP contribution in [-0.4, -0.2) is 15.5 Å². The first-order valence-corrected chi connectivity index (χ1v) is 5.94. The van der Waals surface area contributed by atoms with Crippen LogP contribution in [0.15, 0.2) is 18.2 Å². The Bertz CT molecular complexity index is 621. The number of aromatic nitrogens is 1. The van der Waals surface area contributed by atoms with Crippen LogP contribution in [0.2, 0.25) is 0 Å². The van der Waals surface area contributed by atoms with Crippen molar-refractivity contribution in [1.82, 2.24) is 4.57 Å². The number of phenolic OH excluding ortho intramolecular Hbond substituents is 1. The van der Waals surface area contributed by atoms with Gasteiger partial charge in [0, 0.05) is 24.4 Å². The number of carbonyl (C=O) groups is 1. The lowest BCUT2D eigenvalue weighted by atomic mass is 10.1. The summed E-state index contributed by atoms with van der Waals surface area (Å²) in [6.45, 7) is 3.59. The third kappa shape index (κ3) is 1.46. The van der Waals surface area contributed by atoms with Crippen LogP contribution in [0.5, 0.6) is 5.75 Å². The molecule has 17 heavy (non-hydrogen) atoms. The second-order valence-corrected chi connectivity index (χ2v) is 4.83. The van der Waals surface area contributed by atoms with Crippen LogP contribution in [0.1, 0.15) is 41.9 Å². The summed E-state index contributed by atoms with van der Waals surface area (Å²) in [6, 6.07) is 5.77. The van der Waals surface area contributed by atoms with Gasteiger partial charge in [-0.3, -0.25) is 4.79 Å². The van der Waals surface area contributed by atoms with Gasteiger partial charge in [0.25, 0.3) is 0 Å². The number of hydrogen-bond acceptors (Lipinski definition) is 2. The van der Waals surface area contributed by atoms with Gasteiger partial charge in [-0.05, 0) is 37.5 Å². The normalized spacial score (nSPS) is 15.4. The van der Waals surface area contributed by atoms with Gasteiger partial charge in [0.05, 0.1) is 11.2 Å². The molecule has 1 N–H and O–H groups in total. The summed E-state index contributed by atoms with van der Waals surface area (Å²) in [7, 11) is 0. The Hall–Kier alpha value is -1.77. The number of benzene rings is 1. The number of nitrogens with zero attached hydrogens (tertiary/aromatic N) is 1. The maximum atomic E-state index is 11.8. The summed E-state index contributed by atoms with van der Waals surface area (Å²) in [6.07, 6.45) is 2.25. The van der Waals surface area contributed by atoms with E-state index in [4.69, 9.17) is 0 Å². The van der Waals surface area contributed by atoms with Gasteiger partial charge in [-0.25, -0.2) is 0 Å². The highest BCUT2D eigenvalue weighted by Gasteiger charge is 2.30. The molecule has 0 amide bonds. The molecule has 0 radical (unpaired) electrons. The van der Waals surface area contributed by atoms with Crippen LogP contribution in [0, 0.1) is 6.92 Å². The Balaban J connectivity index is 2.41. The Morgan fingerprint density at radius 1 is 1.41 bits per heavy atom. The van der Waals surface area contributed by atoms with Crippen LogP contribution < -0.4 is 0 Å². The van der Waals surface area contributed by atoms with E-state index in [1.54, 1.807) is 19.1 Å². The lowest BCUT2D eigenvalue weighted by molar-refractivity contribution is 0.100. The Morgan fingerprint density at radius 2 is 2.12 bits per heavy atom. The summed E-state index contributed by atoms with van der Waals surface area (Å²) in [5.74, 6) is 0.358. The molecular formula is C14H15NO2. The summed E-state index contributed by atoms with van der Waals surface area (Å²) < 4.78 is 2.10. The van der Waals surface area contributed by atoms with E-state index in [9.17, 15) is 9.90 Å². The number of carbonyl (C=O) groups excluding carboxylic acids is 1. The minimum absolute atomic E-state index is 0.102. The monoisotopic (exact) mass is 229 g/mol. The highest BCUT2D eigenvalue weighted by Crippen LogP contribution is 2.41. The quantitative estimate of drug-likeness (QED) is 0.803. The topological polar surface area (TPSA) is 42.2 Å². The fraction of sp³-hybridized carbons (Fsp3) is 0.357. The largest absolute Gasteiger partial charge is 0.508 e. The first-order chi connectivity index (χ1) is 8.09. The SMILES string of the molecule is CC(=O)c1c(C)c2ccc(O)cc2n1C1CC1. The van der Waals surface area contributed by atoms with Crippen LogP contribution in [0.4, 0.5) is 0 Å². The number of aromatic hydroxyl groups is 1. The molecule has 3 heteroatoms. The minimum atomic E-state index is 0.102. The predicted octanol–water partition coefficient (Wildman–Crippen LogP) is 3.19. The molecule has 1 saturated carbocycles. The fourth-order valence-electron chi connectivity index (χ4n) is 2.61. The van der Waals surface area contributed by atoms with E-state index in [-0.39, 0.29) is 11.5 Å². The van der Waals surface area contributed by atoms with Crippen molar-refractivity contribution in [3.8, 4) is 5.75 Å². The van der Waals surface area contributed by atoms with E-state index in [2.05, 4.69) is 4.57 Å². The zero-order valence-corrected chi connectivity index (χ0v) is 10.0. The van der Waals surface area contributed by atoms with Crippen molar-refractivity contribution in [3.05, 3.63) is 29.5 Å². The molecule has 1 fully saturated rings. The van der Waals surface area contributed by atoms with Crippen LogP contribution >= 0.6 is 0 Å². The van der Waals surface area contributed by atoms with Gasteiger partial charge >= 0.3 is 0 Å². The first kappa shape index (κ1) is 10.4. The summed E-state index contributed by atoms with van der Waals surface area (Å²) in [5.41, 5.74) is 2.81. The number of rotatable bonds is 2. The number of aryl methyl sites for hydroxylation is 1. The molecule has 3 rings (SSSR count). The smallest absolute Gasteiger partial charge is 0.176 e. The number of phenols is 1. The van der Waals surface area contributed by atoms with E-state index < -0.39 is 0 Å². The molecule has 88 valence electrons. The molecule has 0 unspecified atom stereocenters. The van der Waals surface area contributed by atoms with E-state index in [1.807, 2.05) is 13.0 Å². The molecule has 0 spiro atoms. The van der Waals surface area contributed by atoms with Gasteiger partial charge in [0.2, 0.25) is 0 Å². The third-order valence-corrected chi connectivity index (χ3v) is 3.49. The van der Waals surface area contributed by atoms with Crippen molar-refractivity contribution in [1.29, 1.82) is 0 Å². The molecular weight excluding hydrogens is 214 g/mol. The van der Waals surface area contributed by atoms with Gasteiger partial charge in [-0.15, -0.1) is 0 Å². The molecule has 0 aliphatic heterocycles. The zero-order chi connectivity index (χ0) is 12.2. The van der Waals surface area contributed by atoms with E-state index >= 15 is 0 Å². The van der Waals surface area contributed by atoms with E-state index in [0.717, 1.165) is 35.0 Å². The first-order valence-electron chi connectivity index (χ1n) is 5.94. The molecule has 1 heterocycles. The van der Waals surface area contributed by atoms with Crippen molar-refractivity contribution in [3.63, 3.8) is 0 Å². The molecule has 0 saturated heterocycles. The van der Waals surface area contributed by atoms with Crippen LogP contribution in [0.25, 0.3) is 10.9 Å². The minimum Gasteiger partial charge on any atom is -0.508 e.